The molecule has 0 aromatic heterocycles. The fourth-order valence-electron chi connectivity index (χ4n) is 0.877. The quantitative estimate of drug-likeness (QED) is 0.563. The number of nitrogens with one attached hydrogen (secondary N) is 1. The molecule has 0 saturated heterocycles. The summed E-state index contributed by atoms with van der Waals surface area (Å²) in [7, 11) is 1.09. The SMILES string of the molecule is CBNC(C)C(C)CC. The van der Waals surface area contributed by atoms with E-state index in [2.05, 4.69) is 32.8 Å². The minimum Gasteiger partial charge on any atom is -0.356 e. The minimum atomic E-state index is 0.681. The van der Waals surface area contributed by atoms with Crippen molar-refractivity contribution in [2.45, 2.75) is 40.1 Å². The van der Waals surface area contributed by atoms with Crippen LogP contribution in [0.3, 0.4) is 0 Å². The Labute approximate surface area is 59.5 Å². The molecular weight excluding hydrogens is 109 g/mol. The highest BCUT2D eigenvalue weighted by Gasteiger charge is 2.06. The molecule has 1 N–H and O–H groups in total. The third-order valence-corrected chi connectivity index (χ3v) is 2.02. The van der Waals surface area contributed by atoms with E-state index in [1.54, 1.807) is 0 Å². The normalized spacial score (nSPS) is 16.9. The Hall–Kier alpha value is 0.0249. The highest BCUT2D eigenvalue weighted by atomic mass is 14.8. The van der Waals surface area contributed by atoms with Crippen LogP contribution in [0.25, 0.3) is 0 Å². The van der Waals surface area contributed by atoms with Crippen molar-refractivity contribution in [1.29, 1.82) is 0 Å². The molecule has 0 amide bonds. The van der Waals surface area contributed by atoms with Gasteiger partial charge in [0.2, 0.25) is 0 Å². The zero-order valence-electron chi connectivity index (χ0n) is 7.07. The van der Waals surface area contributed by atoms with E-state index in [-0.39, 0.29) is 0 Å². The van der Waals surface area contributed by atoms with Gasteiger partial charge in [0.1, 0.15) is 0 Å². The first kappa shape index (κ1) is 9.02. The third-order valence-electron chi connectivity index (χ3n) is 2.02. The van der Waals surface area contributed by atoms with Crippen LogP contribution in [0.4, 0.5) is 0 Å². The molecular formula is C7H18BN. The first-order chi connectivity index (χ1) is 4.22. The summed E-state index contributed by atoms with van der Waals surface area (Å²) in [6, 6.07) is 0.681. The molecule has 1 nitrogen and oxygen atoms in total. The molecule has 0 saturated carbocycles. The fourth-order valence-corrected chi connectivity index (χ4v) is 0.877. The zero-order valence-corrected chi connectivity index (χ0v) is 7.07. The van der Waals surface area contributed by atoms with Crippen molar-refractivity contribution in [2.75, 3.05) is 0 Å². The summed E-state index contributed by atoms with van der Waals surface area (Å²) in [6.07, 6.45) is 1.27. The smallest absolute Gasteiger partial charge is 0.198 e. The second-order valence-electron chi connectivity index (χ2n) is 2.73. The molecule has 0 aromatic carbocycles. The molecule has 9 heavy (non-hydrogen) atoms. The van der Waals surface area contributed by atoms with Crippen LogP contribution < -0.4 is 5.23 Å². The van der Waals surface area contributed by atoms with Crippen LogP contribution in [0, 0.1) is 5.92 Å². The number of hydrogen-bond acceptors (Lipinski definition) is 1. The van der Waals surface area contributed by atoms with Gasteiger partial charge in [-0.25, -0.2) is 0 Å². The lowest BCUT2D eigenvalue weighted by Crippen LogP contribution is -2.33. The summed E-state index contributed by atoms with van der Waals surface area (Å²) < 4.78 is 0. The zero-order chi connectivity index (χ0) is 7.28. The summed E-state index contributed by atoms with van der Waals surface area (Å²) >= 11 is 0. The largest absolute Gasteiger partial charge is 0.356 e. The summed E-state index contributed by atoms with van der Waals surface area (Å²) in [6.45, 7) is 8.92. The molecule has 2 atom stereocenters. The standard InChI is InChI=1S/C7H18BN/c1-5-6(2)7(3)9-8-4/h6-9H,5H2,1-4H3. The average molecular weight is 127 g/mol. The van der Waals surface area contributed by atoms with Gasteiger partial charge in [0, 0.05) is 0 Å². The summed E-state index contributed by atoms with van der Waals surface area (Å²) in [5, 5.41) is 3.40. The van der Waals surface area contributed by atoms with Crippen LogP contribution in [0.15, 0.2) is 0 Å². The Bertz CT molecular complexity index is 65.9. The Morgan fingerprint density at radius 3 is 2.33 bits per heavy atom. The van der Waals surface area contributed by atoms with Gasteiger partial charge in [0.15, 0.2) is 7.41 Å². The Balaban J connectivity index is 3.32. The molecule has 0 fully saturated rings. The van der Waals surface area contributed by atoms with Gasteiger partial charge < -0.3 is 5.23 Å². The first-order valence-corrected chi connectivity index (χ1v) is 3.95. The van der Waals surface area contributed by atoms with Crippen molar-refractivity contribution >= 4 is 7.41 Å². The van der Waals surface area contributed by atoms with E-state index >= 15 is 0 Å². The van der Waals surface area contributed by atoms with Crippen molar-refractivity contribution in [3.05, 3.63) is 0 Å². The summed E-state index contributed by atoms with van der Waals surface area (Å²) in [5.74, 6) is 0.810. The molecule has 0 spiro atoms. The minimum absolute atomic E-state index is 0.681. The van der Waals surface area contributed by atoms with Crippen molar-refractivity contribution in [2.24, 2.45) is 5.92 Å². The Morgan fingerprint density at radius 1 is 1.44 bits per heavy atom. The van der Waals surface area contributed by atoms with E-state index in [4.69, 9.17) is 0 Å². The second-order valence-corrected chi connectivity index (χ2v) is 2.73. The van der Waals surface area contributed by atoms with Crippen LogP contribution in [-0.4, -0.2) is 13.5 Å². The van der Waals surface area contributed by atoms with Gasteiger partial charge in [-0.05, 0) is 12.0 Å². The van der Waals surface area contributed by atoms with Crippen LogP contribution in [0.5, 0.6) is 0 Å². The number of hydrogen-bond donors (Lipinski definition) is 1. The molecule has 0 rings (SSSR count). The molecule has 0 aliphatic carbocycles. The predicted molar refractivity (Wildman–Crippen MR) is 45.1 cm³/mol. The van der Waals surface area contributed by atoms with E-state index in [1.165, 1.54) is 6.42 Å². The highest BCUT2D eigenvalue weighted by Crippen LogP contribution is 2.05. The van der Waals surface area contributed by atoms with Crippen molar-refractivity contribution < 1.29 is 0 Å². The topological polar surface area (TPSA) is 12.0 Å². The van der Waals surface area contributed by atoms with E-state index in [1.807, 2.05) is 0 Å². The average Bonchev–Trinajstić information content (AvgIpc) is 1.87. The van der Waals surface area contributed by atoms with Crippen LogP contribution in [0.1, 0.15) is 27.2 Å². The van der Waals surface area contributed by atoms with E-state index in [0.29, 0.717) is 6.04 Å². The van der Waals surface area contributed by atoms with Crippen LogP contribution >= 0.6 is 0 Å². The molecule has 2 heteroatoms. The van der Waals surface area contributed by atoms with Crippen LogP contribution in [-0.2, 0) is 0 Å². The molecule has 0 aliphatic rings. The summed E-state index contributed by atoms with van der Waals surface area (Å²) in [5.41, 5.74) is 0. The Morgan fingerprint density at radius 2 is 2.00 bits per heavy atom. The van der Waals surface area contributed by atoms with Gasteiger partial charge in [-0.3, -0.25) is 0 Å². The van der Waals surface area contributed by atoms with Gasteiger partial charge in [-0.2, -0.15) is 0 Å². The molecule has 0 heterocycles. The molecule has 54 valence electrons. The lowest BCUT2D eigenvalue weighted by Gasteiger charge is -2.18. The maximum atomic E-state index is 3.40. The van der Waals surface area contributed by atoms with E-state index in [9.17, 15) is 0 Å². The van der Waals surface area contributed by atoms with Crippen molar-refractivity contribution in [3.63, 3.8) is 0 Å². The lowest BCUT2D eigenvalue weighted by molar-refractivity contribution is 0.443. The molecule has 0 radical (unpaired) electrons. The third kappa shape index (κ3) is 3.58. The van der Waals surface area contributed by atoms with Gasteiger partial charge in [0.05, 0.1) is 0 Å². The Kier molecular flexibility index (Phi) is 4.88. The summed E-state index contributed by atoms with van der Waals surface area (Å²) in [4.78, 5) is 0. The molecule has 2 unspecified atom stereocenters. The maximum Gasteiger partial charge on any atom is 0.198 e. The van der Waals surface area contributed by atoms with Gasteiger partial charge in [-0.15, -0.1) is 0 Å². The van der Waals surface area contributed by atoms with E-state index < -0.39 is 0 Å². The van der Waals surface area contributed by atoms with Gasteiger partial charge in [-0.1, -0.05) is 34.0 Å². The highest BCUT2D eigenvalue weighted by molar-refractivity contribution is 6.30. The van der Waals surface area contributed by atoms with Gasteiger partial charge >= 0.3 is 0 Å². The van der Waals surface area contributed by atoms with E-state index in [0.717, 1.165) is 13.3 Å². The molecule has 0 bridgehead atoms. The first-order valence-electron chi connectivity index (χ1n) is 3.95. The lowest BCUT2D eigenvalue weighted by atomic mass is 9.92. The molecule has 0 aromatic rings. The molecule has 0 aliphatic heterocycles. The monoisotopic (exact) mass is 127 g/mol. The second kappa shape index (κ2) is 4.86. The van der Waals surface area contributed by atoms with Crippen LogP contribution in [0.2, 0.25) is 6.82 Å². The fraction of sp³-hybridized carbons (Fsp3) is 1.00. The van der Waals surface area contributed by atoms with Gasteiger partial charge in [0.25, 0.3) is 0 Å². The predicted octanol–water partition coefficient (Wildman–Crippen LogP) is 1.41. The van der Waals surface area contributed by atoms with Crippen molar-refractivity contribution in [3.8, 4) is 0 Å². The number of rotatable bonds is 4. The van der Waals surface area contributed by atoms with Crippen molar-refractivity contribution in [1.82, 2.24) is 5.23 Å². The maximum absolute atomic E-state index is 3.40.